The number of aliphatic hydroxyl groups excluding tert-OH is 2. The largest absolute Gasteiger partial charge is 0.387 e. The minimum atomic E-state index is -1.08. The van der Waals surface area contributed by atoms with Gasteiger partial charge >= 0.3 is 0 Å². The zero-order valence-corrected chi connectivity index (χ0v) is 16.5. The highest BCUT2D eigenvalue weighted by Gasteiger charge is 2.44. The zero-order chi connectivity index (χ0) is 20.7. The standard InChI is InChI=1S/C20H23N7O3/c1-12-16-19(23-10-22-12)26(11-24-16)20-18(29)17(28)15(30-20)9-21-6-7-27-14-5-3-2-4-13(14)8-25-27/h2-5,8,10-11,15,17-18,20-21,28-29H,6-7,9H2,1H3. The van der Waals surface area contributed by atoms with Gasteiger partial charge in [0.2, 0.25) is 0 Å². The van der Waals surface area contributed by atoms with Gasteiger partial charge in [0, 0.05) is 18.5 Å². The van der Waals surface area contributed by atoms with Gasteiger partial charge in [0.05, 0.1) is 30.3 Å². The topological polar surface area (TPSA) is 123 Å². The van der Waals surface area contributed by atoms with E-state index in [1.54, 1.807) is 10.9 Å². The van der Waals surface area contributed by atoms with E-state index < -0.39 is 24.5 Å². The van der Waals surface area contributed by atoms with E-state index in [0.29, 0.717) is 30.8 Å². The van der Waals surface area contributed by atoms with Crippen molar-refractivity contribution < 1.29 is 14.9 Å². The van der Waals surface area contributed by atoms with Crippen LogP contribution in [0.3, 0.4) is 0 Å². The van der Waals surface area contributed by atoms with Crippen LogP contribution in [0.2, 0.25) is 0 Å². The fraction of sp³-hybridized carbons (Fsp3) is 0.400. The third-order valence-corrected chi connectivity index (χ3v) is 5.55. The van der Waals surface area contributed by atoms with Gasteiger partial charge in [-0.25, -0.2) is 15.0 Å². The molecule has 0 bridgehead atoms. The van der Waals surface area contributed by atoms with E-state index in [1.807, 2.05) is 42.1 Å². The number of hydrogen-bond donors (Lipinski definition) is 3. The average Bonchev–Trinajstić information content (AvgIpc) is 3.44. The smallest absolute Gasteiger partial charge is 0.165 e. The first-order valence-corrected chi connectivity index (χ1v) is 9.90. The van der Waals surface area contributed by atoms with Crippen LogP contribution in [-0.2, 0) is 11.3 Å². The predicted octanol–water partition coefficient (Wildman–Crippen LogP) is 0.393. The number of aromatic nitrogens is 6. The van der Waals surface area contributed by atoms with E-state index in [-0.39, 0.29) is 0 Å². The summed E-state index contributed by atoms with van der Waals surface area (Å²) in [5.74, 6) is 0. The van der Waals surface area contributed by atoms with Crippen molar-refractivity contribution in [3.05, 3.63) is 48.8 Å². The normalized spacial score (nSPS) is 24.2. The molecule has 0 saturated carbocycles. The van der Waals surface area contributed by atoms with E-state index in [4.69, 9.17) is 4.74 Å². The number of benzene rings is 1. The van der Waals surface area contributed by atoms with Gasteiger partial charge < -0.3 is 20.3 Å². The summed E-state index contributed by atoms with van der Waals surface area (Å²) in [4.78, 5) is 12.7. The molecule has 0 aliphatic carbocycles. The maximum absolute atomic E-state index is 10.5. The second-order valence-corrected chi connectivity index (χ2v) is 7.46. The van der Waals surface area contributed by atoms with Crippen LogP contribution in [0.25, 0.3) is 22.1 Å². The summed E-state index contributed by atoms with van der Waals surface area (Å²) in [5.41, 5.74) is 3.04. The molecular formula is C20H23N7O3. The number of rotatable bonds is 6. The highest BCUT2D eigenvalue weighted by Crippen LogP contribution is 2.31. The molecule has 10 heteroatoms. The molecule has 4 heterocycles. The molecule has 1 aliphatic heterocycles. The van der Waals surface area contributed by atoms with Crippen molar-refractivity contribution in [3.63, 3.8) is 0 Å². The lowest BCUT2D eigenvalue weighted by molar-refractivity contribution is -0.0341. The molecule has 30 heavy (non-hydrogen) atoms. The Morgan fingerprint density at radius 3 is 2.90 bits per heavy atom. The molecule has 0 amide bonds. The van der Waals surface area contributed by atoms with Crippen molar-refractivity contribution in [2.45, 2.75) is 38.0 Å². The molecule has 10 nitrogen and oxygen atoms in total. The second-order valence-electron chi connectivity index (χ2n) is 7.46. The Kier molecular flexibility index (Phi) is 4.91. The lowest BCUT2D eigenvalue weighted by atomic mass is 10.1. The zero-order valence-electron chi connectivity index (χ0n) is 16.5. The van der Waals surface area contributed by atoms with Gasteiger partial charge in [-0.2, -0.15) is 5.10 Å². The molecule has 1 fully saturated rings. The number of nitrogens with one attached hydrogen (secondary N) is 1. The molecule has 1 aromatic carbocycles. The predicted molar refractivity (Wildman–Crippen MR) is 109 cm³/mol. The van der Waals surface area contributed by atoms with Crippen LogP contribution < -0.4 is 5.32 Å². The van der Waals surface area contributed by atoms with Crippen molar-refractivity contribution >= 4 is 22.1 Å². The lowest BCUT2D eigenvalue weighted by Crippen LogP contribution is -2.38. The number of nitrogens with zero attached hydrogens (tertiary/aromatic N) is 6. The first-order valence-electron chi connectivity index (χ1n) is 9.90. The third-order valence-electron chi connectivity index (χ3n) is 5.55. The monoisotopic (exact) mass is 409 g/mol. The lowest BCUT2D eigenvalue weighted by Gasteiger charge is -2.16. The Morgan fingerprint density at radius 2 is 2.00 bits per heavy atom. The fourth-order valence-electron chi connectivity index (χ4n) is 3.92. The summed E-state index contributed by atoms with van der Waals surface area (Å²) in [7, 11) is 0. The summed E-state index contributed by atoms with van der Waals surface area (Å²) in [6.07, 6.45) is 1.44. The van der Waals surface area contributed by atoms with Gasteiger partial charge in [0.25, 0.3) is 0 Å². The van der Waals surface area contributed by atoms with Crippen LogP contribution in [0.5, 0.6) is 0 Å². The molecule has 3 N–H and O–H groups in total. The van der Waals surface area contributed by atoms with Gasteiger partial charge in [0.15, 0.2) is 11.9 Å². The van der Waals surface area contributed by atoms with Crippen molar-refractivity contribution in [2.75, 3.05) is 13.1 Å². The number of para-hydroxylation sites is 1. The summed E-state index contributed by atoms with van der Waals surface area (Å²) in [6.45, 7) is 3.58. The van der Waals surface area contributed by atoms with Gasteiger partial charge in [-0.15, -0.1) is 0 Å². The Labute approximate surface area is 172 Å². The minimum Gasteiger partial charge on any atom is -0.387 e. The van der Waals surface area contributed by atoms with E-state index in [9.17, 15) is 10.2 Å². The first-order chi connectivity index (χ1) is 14.6. The number of fused-ring (bicyclic) bond motifs is 2. The molecule has 4 aromatic rings. The SMILES string of the molecule is Cc1ncnc2c1ncn2C1OC(CNCCn2ncc3ccccc32)C(O)C1O. The van der Waals surface area contributed by atoms with E-state index >= 15 is 0 Å². The molecular weight excluding hydrogens is 386 g/mol. The number of imidazole rings is 1. The highest BCUT2D eigenvalue weighted by atomic mass is 16.6. The molecule has 4 atom stereocenters. The van der Waals surface area contributed by atoms with Crippen molar-refractivity contribution in [3.8, 4) is 0 Å². The number of aryl methyl sites for hydroxylation is 1. The second kappa shape index (κ2) is 7.73. The van der Waals surface area contributed by atoms with Gasteiger partial charge in [-0.3, -0.25) is 9.25 Å². The van der Waals surface area contributed by atoms with E-state index in [0.717, 1.165) is 16.6 Å². The minimum absolute atomic E-state index is 0.397. The van der Waals surface area contributed by atoms with Crippen molar-refractivity contribution in [2.24, 2.45) is 0 Å². The molecule has 156 valence electrons. The number of hydrogen-bond acceptors (Lipinski definition) is 8. The van der Waals surface area contributed by atoms with Crippen LogP contribution >= 0.6 is 0 Å². The maximum atomic E-state index is 10.5. The van der Waals surface area contributed by atoms with E-state index in [2.05, 4.69) is 25.4 Å². The molecule has 3 aromatic heterocycles. The summed E-state index contributed by atoms with van der Waals surface area (Å²) in [6, 6.07) is 8.05. The van der Waals surface area contributed by atoms with Gasteiger partial charge in [-0.1, -0.05) is 18.2 Å². The summed E-state index contributed by atoms with van der Waals surface area (Å²) in [5, 5.41) is 29.8. The van der Waals surface area contributed by atoms with Crippen LogP contribution in [0, 0.1) is 6.92 Å². The Hall–Kier alpha value is -2.92. The Balaban J connectivity index is 1.22. The molecule has 1 aliphatic rings. The highest BCUT2D eigenvalue weighted by molar-refractivity contribution is 5.78. The number of aliphatic hydroxyl groups is 2. The maximum Gasteiger partial charge on any atom is 0.165 e. The van der Waals surface area contributed by atoms with Crippen molar-refractivity contribution in [1.29, 1.82) is 0 Å². The average molecular weight is 409 g/mol. The molecule has 0 radical (unpaired) electrons. The van der Waals surface area contributed by atoms with Crippen LogP contribution in [0.4, 0.5) is 0 Å². The summed E-state index contributed by atoms with van der Waals surface area (Å²) < 4.78 is 9.55. The number of ether oxygens (including phenoxy) is 1. The van der Waals surface area contributed by atoms with Gasteiger partial charge in [-0.05, 0) is 13.0 Å². The fourth-order valence-corrected chi connectivity index (χ4v) is 3.92. The van der Waals surface area contributed by atoms with Gasteiger partial charge in [0.1, 0.15) is 30.2 Å². The molecule has 4 unspecified atom stereocenters. The third kappa shape index (κ3) is 3.23. The summed E-state index contributed by atoms with van der Waals surface area (Å²) >= 11 is 0. The van der Waals surface area contributed by atoms with E-state index in [1.165, 1.54) is 6.33 Å². The quantitative estimate of drug-likeness (QED) is 0.391. The van der Waals surface area contributed by atoms with Crippen LogP contribution in [0.1, 0.15) is 11.9 Å². The molecule has 0 spiro atoms. The molecule has 5 rings (SSSR count). The Bertz CT molecular complexity index is 1170. The van der Waals surface area contributed by atoms with Crippen LogP contribution in [0.15, 0.2) is 43.1 Å². The molecule has 1 saturated heterocycles. The first kappa shape index (κ1) is 19.1. The van der Waals surface area contributed by atoms with Crippen molar-refractivity contribution in [1.82, 2.24) is 34.6 Å². The Morgan fingerprint density at radius 1 is 1.13 bits per heavy atom. The van der Waals surface area contributed by atoms with Crippen LogP contribution in [-0.4, -0.2) is 70.9 Å².